The average molecular weight is 354 g/mol. The van der Waals surface area contributed by atoms with Crippen molar-refractivity contribution >= 4 is 26.8 Å². The van der Waals surface area contributed by atoms with Crippen LogP contribution >= 0.6 is 15.9 Å². The third-order valence-electron chi connectivity index (χ3n) is 3.34. The van der Waals surface area contributed by atoms with Gasteiger partial charge in [-0.2, -0.15) is 13.2 Å². The smallest absolute Gasteiger partial charge is 0.343 e. The predicted octanol–water partition coefficient (Wildman–Crippen LogP) is 5.47. The molecule has 0 spiro atoms. The summed E-state index contributed by atoms with van der Waals surface area (Å²) in [5.74, 6) is 0. The molecule has 0 saturated carbocycles. The Morgan fingerprint density at radius 2 is 1.81 bits per heavy atom. The minimum Gasteiger partial charge on any atom is -0.343 e. The van der Waals surface area contributed by atoms with E-state index in [1.807, 2.05) is 35.0 Å². The van der Waals surface area contributed by atoms with Crippen LogP contribution in [0.1, 0.15) is 11.1 Å². The first-order valence-electron chi connectivity index (χ1n) is 6.34. The monoisotopic (exact) mass is 353 g/mol. The molecule has 1 nitrogen and oxygen atoms in total. The Kier molecular flexibility index (Phi) is 3.53. The van der Waals surface area contributed by atoms with Gasteiger partial charge in [0.05, 0.1) is 5.56 Å². The van der Waals surface area contributed by atoms with Crippen LogP contribution in [0.2, 0.25) is 0 Å². The molecular formula is C16H11BrF3N. The molecule has 1 aromatic heterocycles. The van der Waals surface area contributed by atoms with E-state index >= 15 is 0 Å². The standard InChI is InChI=1S/C16H11BrF3N/c17-14-5-4-12-6-7-21(15(12)9-14)10-11-2-1-3-13(8-11)16(18,19)20/h1-9H,10H2. The van der Waals surface area contributed by atoms with Gasteiger partial charge in [0.25, 0.3) is 0 Å². The van der Waals surface area contributed by atoms with Crippen molar-refractivity contribution in [3.05, 3.63) is 70.3 Å². The second-order valence-electron chi connectivity index (χ2n) is 4.84. The first-order chi connectivity index (χ1) is 9.93. The van der Waals surface area contributed by atoms with Gasteiger partial charge < -0.3 is 4.57 Å². The quantitative estimate of drug-likeness (QED) is 0.575. The second kappa shape index (κ2) is 5.22. The molecule has 21 heavy (non-hydrogen) atoms. The molecule has 0 radical (unpaired) electrons. The van der Waals surface area contributed by atoms with Gasteiger partial charge >= 0.3 is 6.18 Å². The van der Waals surface area contributed by atoms with E-state index < -0.39 is 11.7 Å². The first kappa shape index (κ1) is 14.2. The summed E-state index contributed by atoms with van der Waals surface area (Å²) in [4.78, 5) is 0. The summed E-state index contributed by atoms with van der Waals surface area (Å²) in [7, 11) is 0. The Balaban J connectivity index is 1.97. The molecule has 0 N–H and O–H groups in total. The van der Waals surface area contributed by atoms with Crippen LogP contribution in [0.25, 0.3) is 10.9 Å². The van der Waals surface area contributed by atoms with Gasteiger partial charge in [-0.1, -0.05) is 34.1 Å². The van der Waals surface area contributed by atoms with Crippen molar-refractivity contribution in [1.29, 1.82) is 0 Å². The maximum absolute atomic E-state index is 12.7. The molecular weight excluding hydrogens is 343 g/mol. The lowest BCUT2D eigenvalue weighted by Gasteiger charge is -2.10. The Morgan fingerprint density at radius 1 is 1.00 bits per heavy atom. The van der Waals surface area contributed by atoms with E-state index in [0.29, 0.717) is 12.1 Å². The van der Waals surface area contributed by atoms with Crippen molar-refractivity contribution < 1.29 is 13.2 Å². The van der Waals surface area contributed by atoms with Crippen molar-refractivity contribution in [2.75, 3.05) is 0 Å². The lowest BCUT2D eigenvalue weighted by atomic mass is 10.1. The van der Waals surface area contributed by atoms with Crippen LogP contribution < -0.4 is 0 Å². The molecule has 0 aliphatic carbocycles. The second-order valence-corrected chi connectivity index (χ2v) is 5.76. The highest BCUT2D eigenvalue weighted by Gasteiger charge is 2.30. The van der Waals surface area contributed by atoms with Gasteiger partial charge in [-0.05, 0) is 41.3 Å². The lowest BCUT2D eigenvalue weighted by Crippen LogP contribution is -2.06. The van der Waals surface area contributed by atoms with Crippen LogP contribution in [-0.4, -0.2) is 4.57 Å². The van der Waals surface area contributed by atoms with Gasteiger partial charge in [-0.3, -0.25) is 0 Å². The van der Waals surface area contributed by atoms with Crippen LogP contribution in [-0.2, 0) is 12.7 Å². The van der Waals surface area contributed by atoms with Gasteiger partial charge in [0.1, 0.15) is 0 Å². The molecule has 108 valence electrons. The van der Waals surface area contributed by atoms with E-state index in [2.05, 4.69) is 15.9 Å². The molecule has 0 aliphatic heterocycles. The van der Waals surface area contributed by atoms with E-state index in [0.717, 1.165) is 21.4 Å². The van der Waals surface area contributed by atoms with Crippen molar-refractivity contribution in [2.24, 2.45) is 0 Å². The van der Waals surface area contributed by atoms with Gasteiger partial charge in [0, 0.05) is 22.7 Å². The summed E-state index contributed by atoms with van der Waals surface area (Å²) in [6, 6.07) is 13.3. The van der Waals surface area contributed by atoms with Gasteiger partial charge in [-0.15, -0.1) is 0 Å². The molecule has 5 heteroatoms. The fourth-order valence-corrected chi connectivity index (χ4v) is 2.69. The fraction of sp³-hybridized carbons (Fsp3) is 0.125. The van der Waals surface area contributed by atoms with E-state index in [4.69, 9.17) is 0 Å². The predicted molar refractivity (Wildman–Crippen MR) is 80.2 cm³/mol. The van der Waals surface area contributed by atoms with Crippen molar-refractivity contribution in [3.63, 3.8) is 0 Å². The number of aromatic nitrogens is 1. The van der Waals surface area contributed by atoms with E-state index in [-0.39, 0.29) is 0 Å². The minimum atomic E-state index is -4.31. The summed E-state index contributed by atoms with van der Waals surface area (Å²) in [6.45, 7) is 0.407. The Hall–Kier alpha value is -1.75. The highest BCUT2D eigenvalue weighted by atomic mass is 79.9. The number of rotatable bonds is 2. The maximum Gasteiger partial charge on any atom is 0.416 e. The number of halogens is 4. The van der Waals surface area contributed by atoms with E-state index in [1.54, 1.807) is 6.07 Å². The van der Waals surface area contributed by atoms with E-state index in [9.17, 15) is 13.2 Å². The normalized spacial score (nSPS) is 12.0. The van der Waals surface area contributed by atoms with Gasteiger partial charge in [0.2, 0.25) is 0 Å². The minimum absolute atomic E-state index is 0.407. The molecule has 0 fully saturated rings. The molecule has 0 saturated heterocycles. The lowest BCUT2D eigenvalue weighted by molar-refractivity contribution is -0.137. The van der Waals surface area contributed by atoms with Gasteiger partial charge in [-0.25, -0.2) is 0 Å². The highest BCUT2D eigenvalue weighted by molar-refractivity contribution is 9.10. The highest BCUT2D eigenvalue weighted by Crippen LogP contribution is 2.30. The molecule has 1 heterocycles. The molecule has 0 bridgehead atoms. The maximum atomic E-state index is 12.7. The molecule has 0 unspecified atom stereocenters. The van der Waals surface area contributed by atoms with Crippen LogP contribution in [0.5, 0.6) is 0 Å². The number of hydrogen-bond donors (Lipinski definition) is 0. The molecule has 0 atom stereocenters. The van der Waals surface area contributed by atoms with Crippen LogP contribution in [0.4, 0.5) is 13.2 Å². The summed E-state index contributed by atoms with van der Waals surface area (Å²) in [5.41, 5.74) is 1.00. The van der Waals surface area contributed by atoms with Crippen molar-refractivity contribution in [3.8, 4) is 0 Å². The van der Waals surface area contributed by atoms with Crippen LogP contribution in [0.15, 0.2) is 59.2 Å². The molecule has 0 aliphatic rings. The SMILES string of the molecule is FC(F)(F)c1cccc(Cn2ccc3ccc(Br)cc32)c1. The first-order valence-corrected chi connectivity index (χ1v) is 7.13. The summed E-state index contributed by atoms with van der Waals surface area (Å²) >= 11 is 3.41. The number of hydrogen-bond acceptors (Lipinski definition) is 0. The molecule has 3 aromatic rings. The summed E-state index contributed by atoms with van der Waals surface area (Å²) < 4.78 is 41.1. The third kappa shape index (κ3) is 2.97. The largest absolute Gasteiger partial charge is 0.416 e. The third-order valence-corrected chi connectivity index (χ3v) is 3.84. The molecule has 0 amide bonds. The Labute approximate surface area is 128 Å². The van der Waals surface area contributed by atoms with Crippen molar-refractivity contribution in [2.45, 2.75) is 12.7 Å². The zero-order valence-electron chi connectivity index (χ0n) is 10.9. The van der Waals surface area contributed by atoms with E-state index in [1.165, 1.54) is 12.1 Å². The molecule has 2 aromatic carbocycles. The van der Waals surface area contributed by atoms with Crippen LogP contribution in [0.3, 0.4) is 0 Å². The summed E-state index contributed by atoms with van der Waals surface area (Å²) in [5, 5.41) is 1.06. The van der Waals surface area contributed by atoms with Crippen molar-refractivity contribution in [1.82, 2.24) is 4.57 Å². The zero-order chi connectivity index (χ0) is 15.0. The topological polar surface area (TPSA) is 4.93 Å². The number of benzene rings is 2. The average Bonchev–Trinajstić information content (AvgIpc) is 2.81. The van der Waals surface area contributed by atoms with Crippen LogP contribution in [0, 0.1) is 0 Å². The Morgan fingerprint density at radius 3 is 2.57 bits per heavy atom. The number of nitrogens with zero attached hydrogens (tertiary/aromatic N) is 1. The number of fused-ring (bicyclic) bond motifs is 1. The Bertz CT molecular complexity index is 790. The summed E-state index contributed by atoms with van der Waals surface area (Å²) in [6.07, 6.45) is -2.42. The fourth-order valence-electron chi connectivity index (χ4n) is 2.34. The van der Waals surface area contributed by atoms with Gasteiger partial charge in [0.15, 0.2) is 0 Å². The number of alkyl halides is 3. The molecule has 3 rings (SSSR count). The zero-order valence-corrected chi connectivity index (χ0v) is 12.4.